The first kappa shape index (κ1) is 20.1. The lowest BCUT2D eigenvalue weighted by molar-refractivity contribution is -0.245. The van der Waals surface area contributed by atoms with Crippen LogP contribution in [0.2, 0.25) is 0 Å². The van der Waals surface area contributed by atoms with Crippen molar-refractivity contribution in [1.29, 1.82) is 0 Å². The SMILES string of the molecule is CC(C)(C)OC(O)N1CC[C@@H]2[C@H]1[C@@H](CO)CN2C(=O)OCc1ccccc1. The van der Waals surface area contributed by atoms with Crippen molar-refractivity contribution in [2.45, 2.75) is 57.9 Å². The number of nitrogens with zero attached hydrogens (tertiary/aromatic N) is 2. The Labute approximate surface area is 160 Å². The number of carbonyl (C=O) groups is 1. The van der Waals surface area contributed by atoms with Crippen LogP contribution in [0.4, 0.5) is 4.79 Å². The third-order valence-corrected chi connectivity index (χ3v) is 5.19. The smallest absolute Gasteiger partial charge is 0.410 e. The molecule has 0 bridgehead atoms. The van der Waals surface area contributed by atoms with Crippen molar-refractivity contribution >= 4 is 6.09 Å². The Hall–Kier alpha value is -1.67. The lowest BCUT2D eigenvalue weighted by Gasteiger charge is -2.34. The molecule has 1 aromatic rings. The van der Waals surface area contributed by atoms with Gasteiger partial charge in [0.05, 0.1) is 11.6 Å². The zero-order valence-corrected chi connectivity index (χ0v) is 16.2. The largest absolute Gasteiger partial charge is 0.445 e. The van der Waals surface area contributed by atoms with Crippen LogP contribution in [0, 0.1) is 5.92 Å². The summed E-state index contributed by atoms with van der Waals surface area (Å²) in [6.45, 7) is 6.84. The molecule has 27 heavy (non-hydrogen) atoms. The number of benzene rings is 1. The van der Waals surface area contributed by atoms with E-state index < -0.39 is 12.0 Å². The number of hydrogen-bond acceptors (Lipinski definition) is 6. The van der Waals surface area contributed by atoms with Crippen LogP contribution >= 0.6 is 0 Å². The maximum atomic E-state index is 12.6. The molecule has 2 saturated heterocycles. The molecule has 1 aromatic carbocycles. The number of likely N-dealkylation sites (tertiary alicyclic amines) is 2. The van der Waals surface area contributed by atoms with E-state index in [-0.39, 0.29) is 37.3 Å². The lowest BCUT2D eigenvalue weighted by Crippen LogP contribution is -2.49. The van der Waals surface area contributed by atoms with E-state index in [0.717, 1.165) is 5.56 Å². The molecule has 0 radical (unpaired) electrons. The number of aliphatic hydroxyl groups is 2. The van der Waals surface area contributed by atoms with E-state index in [1.165, 1.54) is 0 Å². The van der Waals surface area contributed by atoms with Gasteiger partial charge in [0.2, 0.25) is 6.41 Å². The Morgan fingerprint density at radius 1 is 1.30 bits per heavy atom. The van der Waals surface area contributed by atoms with E-state index >= 15 is 0 Å². The summed E-state index contributed by atoms with van der Waals surface area (Å²) < 4.78 is 11.2. The van der Waals surface area contributed by atoms with Gasteiger partial charge in [0.25, 0.3) is 0 Å². The maximum Gasteiger partial charge on any atom is 0.410 e. The molecule has 0 saturated carbocycles. The second kappa shape index (κ2) is 8.14. The summed E-state index contributed by atoms with van der Waals surface area (Å²) in [5, 5.41) is 20.3. The number of carbonyl (C=O) groups excluding carboxylic acids is 1. The van der Waals surface area contributed by atoms with Gasteiger partial charge in [-0.1, -0.05) is 30.3 Å². The van der Waals surface area contributed by atoms with E-state index in [4.69, 9.17) is 9.47 Å². The minimum Gasteiger partial charge on any atom is -0.445 e. The van der Waals surface area contributed by atoms with Crippen LogP contribution in [0.3, 0.4) is 0 Å². The molecule has 150 valence electrons. The summed E-state index contributed by atoms with van der Waals surface area (Å²) in [6.07, 6.45) is -0.723. The van der Waals surface area contributed by atoms with Gasteiger partial charge in [0.15, 0.2) is 0 Å². The van der Waals surface area contributed by atoms with Gasteiger partial charge < -0.3 is 24.6 Å². The fourth-order valence-corrected chi connectivity index (χ4v) is 4.06. The van der Waals surface area contributed by atoms with Crippen molar-refractivity contribution in [2.75, 3.05) is 19.7 Å². The Kier molecular flexibility index (Phi) is 6.05. The molecule has 2 heterocycles. The third-order valence-electron chi connectivity index (χ3n) is 5.19. The first-order chi connectivity index (χ1) is 12.8. The van der Waals surface area contributed by atoms with E-state index in [0.29, 0.717) is 19.5 Å². The summed E-state index contributed by atoms with van der Waals surface area (Å²) in [6, 6.07) is 9.31. The zero-order valence-electron chi connectivity index (χ0n) is 16.2. The highest BCUT2D eigenvalue weighted by Crippen LogP contribution is 2.37. The number of hydrogen-bond donors (Lipinski definition) is 2. The second-order valence-electron chi connectivity index (χ2n) is 8.28. The van der Waals surface area contributed by atoms with E-state index in [1.54, 1.807) is 4.90 Å². The van der Waals surface area contributed by atoms with Gasteiger partial charge >= 0.3 is 6.09 Å². The first-order valence-corrected chi connectivity index (χ1v) is 9.50. The van der Waals surface area contributed by atoms with Crippen molar-refractivity contribution in [3.8, 4) is 0 Å². The Bertz CT molecular complexity index is 633. The monoisotopic (exact) mass is 378 g/mol. The molecule has 4 atom stereocenters. The molecule has 7 nitrogen and oxygen atoms in total. The number of rotatable bonds is 5. The molecule has 0 aromatic heterocycles. The highest BCUT2D eigenvalue weighted by molar-refractivity contribution is 5.69. The molecular formula is C20H30N2O5. The average molecular weight is 378 g/mol. The molecule has 1 unspecified atom stereocenters. The van der Waals surface area contributed by atoms with Gasteiger partial charge in [-0.25, -0.2) is 9.69 Å². The maximum absolute atomic E-state index is 12.6. The molecule has 3 rings (SSSR count). The van der Waals surface area contributed by atoms with Crippen LogP contribution in [0.5, 0.6) is 0 Å². The summed E-state index contributed by atoms with van der Waals surface area (Å²) in [5.41, 5.74) is 0.446. The Balaban J connectivity index is 1.65. The first-order valence-electron chi connectivity index (χ1n) is 9.50. The number of ether oxygens (including phenoxy) is 2. The number of aliphatic hydroxyl groups excluding tert-OH is 2. The van der Waals surface area contributed by atoms with Gasteiger partial charge in [0.1, 0.15) is 6.61 Å². The highest BCUT2D eigenvalue weighted by Gasteiger charge is 2.52. The van der Waals surface area contributed by atoms with E-state index in [9.17, 15) is 15.0 Å². The number of fused-ring (bicyclic) bond motifs is 1. The standard InChI is InChI=1S/C20H30N2O5/c1-20(2,3)27-19(25)21-10-9-16-17(21)15(12-23)11-22(16)18(24)26-13-14-7-5-4-6-8-14/h4-8,15-17,19,23,25H,9-13H2,1-3H3/t15-,16-,17-,19?/m1/s1. The molecular weight excluding hydrogens is 348 g/mol. The minimum absolute atomic E-state index is 0.0532. The quantitative estimate of drug-likeness (QED) is 0.760. The Morgan fingerprint density at radius 3 is 2.63 bits per heavy atom. The zero-order chi connectivity index (χ0) is 19.6. The van der Waals surface area contributed by atoms with Crippen molar-refractivity contribution in [3.63, 3.8) is 0 Å². The molecule has 2 aliphatic rings. The van der Waals surface area contributed by atoms with Crippen molar-refractivity contribution in [2.24, 2.45) is 5.92 Å². The summed E-state index contributed by atoms with van der Waals surface area (Å²) in [4.78, 5) is 16.2. The molecule has 0 spiro atoms. The predicted molar refractivity (Wildman–Crippen MR) is 99.7 cm³/mol. The summed E-state index contributed by atoms with van der Waals surface area (Å²) in [5.74, 6) is -0.139. The normalized spacial score (nSPS) is 26.9. The predicted octanol–water partition coefficient (Wildman–Crippen LogP) is 1.78. The van der Waals surface area contributed by atoms with Crippen LogP contribution in [0.15, 0.2) is 30.3 Å². The molecule has 0 aliphatic carbocycles. The van der Waals surface area contributed by atoms with Gasteiger partial charge in [-0.05, 0) is 32.8 Å². The second-order valence-corrected chi connectivity index (χ2v) is 8.28. The van der Waals surface area contributed by atoms with Gasteiger partial charge in [-0.2, -0.15) is 0 Å². The fourth-order valence-electron chi connectivity index (χ4n) is 4.06. The van der Waals surface area contributed by atoms with Gasteiger partial charge in [-0.3, -0.25) is 0 Å². The summed E-state index contributed by atoms with van der Waals surface area (Å²) in [7, 11) is 0. The molecule has 7 heteroatoms. The van der Waals surface area contributed by atoms with E-state index in [2.05, 4.69) is 0 Å². The van der Waals surface area contributed by atoms with Crippen molar-refractivity contribution < 1.29 is 24.5 Å². The molecule has 2 N–H and O–H groups in total. The van der Waals surface area contributed by atoms with Gasteiger partial charge in [-0.15, -0.1) is 0 Å². The topological polar surface area (TPSA) is 82.5 Å². The fraction of sp³-hybridized carbons (Fsp3) is 0.650. The van der Waals surface area contributed by atoms with Crippen molar-refractivity contribution in [1.82, 2.24) is 9.80 Å². The minimum atomic E-state index is -1.06. The molecule has 1 amide bonds. The van der Waals surface area contributed by atoms with Crippen LogP contribution in [-0.2, 0) is 16.1 Å². The van der Waals surface area contributed by atoms with Crippen LogP contribution < -0.4 is 0 Å². The Morgan fingerprint density at radius 2 is 2.00 bits per heavy atom. The average Bonchev–Trinajstić information content (AvgIpc) is 3.19. The number of amides is 1. The third kappa shape index (κ3) is 4.60. The lowest BCUT2D eigenvalue weighted by atomic mass is 10.0. The molecule has 2 aliphatic heterocycles. The van der Waals surface area contributed by atoms with E-state index in [1.807, 2.05) is 56.0 Å². The van der Waals surface area contributed by atoms with Crippen LogP contribution in [0.1, 0.15) is 32.8 Å². The molecule has 2 fully saturated rings. The van der Waals surface area contributed by atoms with Crippen molar-refractivity contribution in [3.05, 3.63) is 35.9 Å². The highest BCUT2D eigenvalue weighted by atomic mass is 16.6. The van der Waals surface area contributed by atoms with Crippen LogP contribution in [0.25, 0.3) is 0 Å². The summed E-state index contributed by atoms with van der Waals surface area (Å²) >= 11 is 0. The van der Waals surface area contributed by atoms with Crippen LogP contribution in [-0.4, -0.2) is 69.9 Å². The van der Waals surface area contributed by atoms with Gasteiger partial charge in [0, 0.05) is 31.7 Å².